The summed E-state index contributed by atoms with van der Waals surface area (Å²) in [5.41, 5.74) is 4.30. The molecule has 1 heterocycles. The summed E-state index contributed by atoms with van der Waals surface area (Å²) < 4.78 is 0. The van der Waals surface area contributed by atoms with E-state index in [0.29, 0.717) is 29.6 Å². The number of aliphatic hydroxyl groups is 2. The number of carbonyl (C=O) groups excluding carboxylic acids is 1. The van der Waals surface area contributed by atoms with Crippen LogP contribution in [0.3, 0.4) is 0 Å². The summed E-state index contributed by atoms with van der Waals surface area (Å²) in [6.07, 6.45) is -0.0994. The minimum Gasteiger partial charge on any atom is -0.392 e. The highest BCUT2D eigenvalue weighted by Gasteiger charge is 2.37. The van der Waals surface area contributed by atoms with Crippen molar-refractivity contribution in [2.24, 2.45) is 5.92 Å². The lowest BCUT2D eigenvalue weighted by Crippen LogP contribution is -2.48. The lowest BCUT2D eigenvalue weighted by atomic mass is 10.0. The molecule has 1 unspecified atom stereocenters. The molecule has 3 N–H and O–H groups in total. The van der Waals surface area contributed by atoms with Crippen molar-refractivity contribution in [1.82, 2.24) is 10.2 Å². The predicted molar refractivity (Wildman–Crippen MR) is 131 cm³/mol. The molecule has 1 aliphatic heterocycles. The molecule has 0 spiro atoms. The number of halogens is 1. The standard InChI is InChI=1S/C27H29ClN2O3/c1-18-12-25(26(32)29-15-19-8-10-24(28)11-9-19)30(16-18)27(33)23-7-3-6-22(14-23)21-5-2-4-20(13-21)17-31/h2-11,13-14,18,25-26,29,31-32H,12,15-17H2,1H3/t18-,25+,26?/m1/s1. The third-order valence-electron chi connectivity index (χ3n) is 6.16. The molecule has 1 amide bonds. The molecule has 6 heteroatoms. The lowest BCUT2D eigenvalue weighted by molar-refractivity contribution is 0.0358. The third-order valence-corrected chi connectivity index (χ3v) is 6.41. The van der Waals surface area contributed by atoms with Gasteiger partial charge in [-0.05, 0) is 64.9 Å². The van der Waals surface area contributed by atoms with Crippen LogP contribution in [0.4, 0.5) is 0 Å². The molecule has 0 aliphatic carbocycles. The van der Waals surface area contributed by atoms with Crippen molar-refractivity contribution in [1.29, 1.82) is 0 Å². The van der Waals surface area contributed by atoms with Gasteiger partial charge in [-0.2, -0.15) is 0 Å². The van der Waals surface area contributed by atoms with Gasteiger partial charge in [0, 0.05) is 23.7 Å². The van der Waals surface area contributed by atoms with E-state index in [1.807, 2.05) is 72.8 Å². The molecule has 3 atom stereocenters. The van der Waals surface area contributed by atoms with Crippen molar-refractivity contribution in [3.8, 4) is 11.1 Å². The van der Waals surface area contributed by atoms with Crippen LogP contribution in [-0.2, 0) is 13.2 Å². The van der Waals surface area contributed by atoms with E-state index in [9.17, 15) is 15.0 Å². The quantitative estimate of drug-likeness (QED) is 0.451. The van der Waals surface area contributed by atoms with Crippen molar-refractivity contribution in [2.75, 3.05) is 6.54 Å². The van der Waals surface area contributed by atoms with E-state index < -0.39 is 6.23 Å². The van der Waals surface area contributed by atoms with Gasteiger partial charge >= 0.3 is 0 Å². The average Bonchev–Trinajstić information content (AvgIpc) is 3.25. The number of nitrogens with zero attached hydrogens (tertiary/aromatic N) is 1. The van der Waals surface area contributed by atoms with Crippen LogP contribution in [-0.4, -0.2) is 39.8 Å². The maximum absolute atomic E-state index is 13.5. The first-order valence-corrected chi connectivity index (χ1v) is 11.6. The molecule has 0 saturated carbocycles. The van der Waals surface area contributed by atoms with Gasteiger partial charge in [-0.15, -0.1) is 0 Å². The summed E-state index contributed by atoms with van der Waals surface area (Å²) in [4.78, 5) is 15.2. The van der Waals surface area contributed by atoms with E-state index in [4.69, 9.17) is 11.6 Å². The minimum absolute atomic E-state index is 0.0271. The van der Waals surface area contributed by atoms with E-state index in [1.54, 1.807) is 4.90 Å². The maximum Gasteiger partial charge on any atom is 0.254 e. The van der Waals surface area contributed by atoms with Crippen LogP contribution in [0.25, 0.3) is 11.1 Å². The van der Waals surface area contributed by atoms with Crippen LogP contribution in [0.5, 0.6) is 0 Å². The fourth-order valence-electron chi connectivity index (χ4n) is 4.43. The molecule has 0 radical (unpaired) electrons. The zero-order valence-electron chi connectivity index (χ0n) is 18.6. The van der Waals surface area contributed by atoms with Gasteiger partial charge < -0.3 is 15.1 Å². The molecule has 172 valence electrons. The summed E-state index contributed by atoms with van der Waals surface area (Å²) in [5, 5.41) is 24.2. The van der Waals surface area contributed by atoms with Gasteiger partial charge in [-0.25, -0.2) is 0 Å². The predicted octanol–water partition coefficient (Wildman–Crippen LogP) is 4.46. The fourth-order valence-corrected chi connectivity index (χ4v) is 4.55. The molecule has 1 saturated heterocycles. The highest BCUT2D eigenvalue weighted by Crippen LogP contribution is 2.28. The Bertz CT molecular complexity index is 1100. The SMILES string of the molecule is C[C@@H]1C[C@@H](C(O)NCc2ccc(Cl)cc2)N(C(=O)c2cccc(-c3cccc(CO)c3)c2)C1. The van der Waals surface area contributed by atoms with Crippen molar-refractivity contribution in [2.45, 2.75) is 38.8 Å². The number of nitrogens with one attached hydrogen (secondary N) is 1. The highest BCUT2D eigenvalue weighted by molar-refractivity contribution is 6.30. The van der Waals surface area contributed by atoms with Crippen molar-refractivity contribution >= 4 is 17.5 Å². The number of carbonyl (C=O) groups is 1. The second kappa shape index (κ2) is 10.5. The molecule has 4 rings (SSSR count). The van der Waals surface area contributed by atoms with Crippen molar-refractivity contribution < 1.29 is 15.0 Å². The Morgan fingerprint density at radius 2 is 1.76 bits per heavy atom. The number of rotatable bonds is 7. The Morgan fingerprint density at radius 1 is 1.06 bits per heavy atom. The summed E-state index contributed by atoms with van der Waals surface area (Å²) in [5.74, 6) is 0.215. The van der Waals surface area contributed by atoms with Gasteiger partial charge in [0.25, 0.3) is 5.91 Å². The average molecular weight is 465 g/mol. The molecule has 3 aromatic carbocycles. The number of likely N-dealkylation sites (tertiary alicyclic amines) is 1. The van der Waals surface area contributed by atoms with Crippen molar-refractivity contribution in [3.63, 3.8) is 0 Å². The molecule has 3 aromatic rings. The van der Waals surface area contributed by atoms with Gasteiger partial charge in [0.1, 0.15) is 6.23 Å². The third kappa shape index (κ3) is 5.63. The number of hydrogen-bond donors (Lipinski definition) is 3. The van der Waals surface area contributed by atoms with E-state index in [-0.39, 0.29) is 18.6 Å². The number of hydrogen-bond acceptors (Lipinski definition) is 4. The Kier molecular flexibility index (Phi) is 7.46. The monoisotopic (exact) mass is 464 g/mol. The van der Waals surface area contributed by atoms with Crippen LogP contribution in [0.15, 0.2) is 72.8 Å². The molecule has 0 aromatic heterocycles. The molecule has 33 heavy (non-hydrogen) atoms. The van der Waals surface area contributed by atoms with Crippen molar-refractivity contribution in [3.05, 3.63) is 94.5 Å². The van der Waals surface area contributed by atoms with Crippen LogP contribution in [0.1, 0.15) is 34.8 Å². The highest BCUT2D eigenvalue weighted by atomic mass is 35.5. The number of benzene rings is 3. The molecule has 1 fully saturated rings. The van der Waals surface area contributed by atoms with Gasteiger partial charge in [0.2, 0.25) is 0 Å². The van der Waals surface area contributed by atoms with E-state index in [2.05, 4.69) is 12.2 Å². The normalized spacial score (nSPS) is 19.0. The van der Waals surface area contributed by atoms with Crippen LogP contribution in [0, 0.1) is 5.92 Å². The van der Waals surface area contributed by atoms with Crippen LogP contribution < -0.4 is 5.32 Å². The molecule has 5 nitrogen and oxygen atoms in total. The smallest absolute Gasteiger partial charge is 0.254 e. The topological polar surface area (TPSA) is 72.8 Å². The molecule has 0 bridgehead atoms. The first-order chi connectivity index (χ1) is 15.9. The van der Waals surface area contributed by atoms with E-state index in [1.165, 1.54) is 0 Å². The Morgan fingerprint density at radius 3 is 2.48 bits per heavy atom. The molecule has 1 aliphatic rings. The molecular weight excluding hydrogens is 436 g/mol. The van der Waals surface area contributed by atoms with Gasteiger partial charge in [-0.3, -0.25) is 10.1 Å². The summed E-state index contributed by atoms with van der Waals surface area (Å²) in [6, 6.07) is 22.4. The first kappa shape index (κ1) is 23.5. The molecular formula is C27H29ClN2O3. The number of amides is 1. The zero-order chi connectivity index (χ0) is 23.4. The van der Waals surface area contributed by atoms with Gasteiger partial charge in [0.15, 0.2) is 0 Å². The Hall–Kier alpha value is -2.70. The second-order valence-corrected chi connectivity index (χ2v) is 9.19. The summed E-state index contributed by atoms with van der Waals surface area (Å²) >= 11 is 5.95. The largest absolute Gasteiger partial charge is 0.392 e. The fraction of sp³-hybridized carbons (Fsp3) is 0.296. The van der Waals surface area contributed by atoms with Gasteiger partial charge in [-0.1, -0.05) is 61.0 Å². The first-order valence-electron chi connectivity index (χ1n) is 11.2. The van der Waals surface area contributed by atoms with E-state index in [0.717, 1.165) is 28.7 Å². The zero-order valence-corrected chi connectivity index (χ0v) is 19.4. The lowest BCUT2D eigenvalue weighted by Gasteiger charge is -2.29. The second-order valence-electron chi connectivity index (χ2n) is 8.76. The Labute approximate surface area is 199 Å². The van der Waals surface area contributed by atoms with Gasteiger partial charge in [0.05, 0.1) is 12.6 Å². The number of aliphatic hydroxyl groups excluding tert-OH is 2. The maximum atomic E-state index is 13.5. The Balaban J connectivity index is 1.49. The minimum atomic E-state index is -0.834. The van der Waals surface area contributed by atoms with E-state index >= 15 is 0 Å². The van der Waals surface area contributed by atoms with Crippen LogP contribution in [0.2, 0.25) is 5.02 Å². The summed E-state index contributed by atoms with van der Waals surface area (Å²) in [7, 11) is 0. The summed E-state index contributed by atoms with van der Waals surface area (Å²) in [6.45, 7) is 3.17. The van der Waals surface area contributed by atoms with Crippen LogP contribution >= 0.6 is 11.6 Å².